The van der Waals surface area contributed by atoms with Gasteiger partial charge in [-0.05, 0) is 39.2 Å². The van der Waals surface area contributed by atoms with E-state index in [1.165, 1.54) is 0 Å². The fourth-order valence-electron chi connectivity index (χ4n) is 3.83. The number of anilines is 4. The minimum Gasteiger partial charge on any atom is -0.494 e. The molecular weight excluding hydrogens is 414 g/mol. The Morgan fingerprint density at radius 2 is 1.85 bits per heavy atom. The van der Waals surface area contributed by atoms with E-state index in [0.29, 0.717) is 17.3 Å². The van der Waals surface area contributed by atoms with Crippen LogP contribution in [0.25, 0.3) is 16.6 Å². The number of nitrogens with one attached hydrogen (secondary N) is 1. The Labute approximate surface area is 194 Å². The normalized spacial score (nSPS) is 11.2. The van der Waals surface area contributed by atoms with Crippen molar-refractivity contribution in [3.8, 4) is 11.4 Å². The molecule has 0 saturated heterocycles. The second-order valence-electron chi connectivity index (χ2n) is 8.37. The molecule has 0 spiro atoms. The van der Waals surface area contributed by atoms with Crippen LogP contribution < -0.4 is 20.7 Å². The van der Waals surface area contributed by atoms with Gasteiger partial charge in [0.15, 0.2) is 0 Å². The van der Waals surface area contributed by atoms with E-state index in [0.717, 1.165) is 46.7 Å². The zero-order valence-corrected chi connectivity index (χ0v) is 19.8. The molecule has 0 fully saturated rings. The van der Waals surface area contributed by atoms with E-state index in [4.69, 9.17) is 15.6 Å². The van der Waals surface area contributed by atoms with Crippen molar-refractivity contribution in [2.75, 3.05) is 57.3 Å². The number of nitrogens with zero attached hydrogens (tertiary/aromatic N) is 5. The first-order valence-electron chi connectivity index (χ1n) is 10.9. The highest BCUT2D eigenvalue weighted by Crippen LogP contribution is 2.36. The molecular formula is C25H31N7O. The summed E-state index contributed by atoms with van der Waals surface area (Å²) in [6.45, 7) is 3.80. The molecule has 0 amide bonds. The van der Waals surface area contributed by atoms with Crippen LogP contribution in [0.2, 0.25) is 0 Å². The van der Waals surface area contributed by atoms with Gasteiger partial charge in [0.1, 0.15) is 11.6 Å². The Morgan fingerprint density at radius 3 is 2.61 bits per heavy atom. The number of benzene rings is 2. The van der Waals surface area contributed by atoms with Gasteiger partial charge in [0, 0.05) is 43.9 Å². The molecule has 172 valence electrons. The molecule has 4 rings (SSSR count). The van der Waals surface area contributed by atoms with Crippen LogP contribution in [0.3, 0.4) is 0 Å². The number of fused-ring (bicyclic) bond motifs is 1. The lowest BCUT2D eigenvalue weighted by Crippen LogP contribution is -2.29. The van der Waals surface area contributed by atoms with E-state index in [-0.39, 0.29) is 0 Å². The average molecular weight is 446 g/mol. The van der Waals surface area contributed by atoms with Crippen LogP contribution in [0.1, 0.15) is 5.69 Å². The number of ether oxygens (including phenoxy) is 1. The topological polar surface area (TPSA) is 84.5 Å². The number of methoxy groups -OCH3 is 1. The lowest BCUT2D eigenvalue weighted by Gasteiger charge is -2.24. The summed E-state index contributed by atoms with van der Waals surface area (Å²) in [5.74, 6) is 1.37. The molecule has 2 aromatic carbocycles. The molecule has 2 aromatic heterocycles. The van der Waals surface area contributed by atoms with Crippen LogP contribution >= 0.6 is 0 Å². The number of pyridine rings is 1. The van der Waals surface area contributed by atoms with Gasteiger partial charge < -0.3 is 25.6 Å². The highest BCUT2D eigenvalue weighted by molar-refractivity contribution is 5.84. The third-order valence-electron chi connectivity index (χ3n) is 5.67. The number of hydrogen-bond acceptors (Lipinski definition) is 7. The molecule has 0 bridgehead atoms. The second kappa shape index (κ2) is 9.38. The predicted molar refractivity (Wildman–Crippen MR) is 136 cm³/mol. The molecule has 2 heterocycles. The van der Waals surface area contributed by atoms with Crippen LogP contribution in [0.4, 0.5) is 22.9 Å². The van der Waals surface area contributed by atoms with Crippen molar-refractivity contribution in [3.63, 3.8) is 0 Å². The highest BCUT2D eigenvalue weighted by Gasteiger charge is 2.14. The number of para-hydroxylation sites is 1. The summed E-state index contributed by atoms with van der Waals surface area (Å²) >= 11 is 0. The van der Waals surface area contributed by atoms with Crippen molar-refractivity contribution in [3.05, 3.63) is 60.4 Å². The highest BCUT2D eigenvalue weighted by atomic mass is 16.5. The molecule has 0 saturated carbocycles. The van der Waals surface area contributed by atoms with Gasteiger partial charge in [-0.1, -0.05) is 18.2 Å². The lowest BCUT2D eigenvalue weighted by molar-refractivity contribution is 0.413. The molecule has 0 unspecified atom stereocenters. The van der Waals surface area contributed by atoms with Gasteiger partial charge in [-0.3, -0.25) is 0 Å². The van der Waals surface area contributed by atoms with E-state index in [1.54, 1.807) is 13.3 Å². The van der Waals surface area contributed by atoms with Gasteiger partial charge in [-0.2, -0.15) is 5.10 Å². The first-order chi connectivity index (χ1) is 15.9. The number of likely N-dealkylation sites (N-methyl/N-ethyl adjacent to an activating group) is 2. The number of nitrogens with two attached hydrogens (primary N) is 1. The van der Waals surface area contributed by atoms with Gasteiger partial charge >= 0.3 is 0 Å². The zero-order valence-electron chi connectivity index (χ0n) is 19.8. The minimum atomic E-state index is 0.671. The summed E-state index contributed by atoms with van der Waals surface area (Å²) < 4.78 is 7.60. The fraction of sp³-hybridized carbons (Fsp3) is 0.280. The summed E-state index contributed by atoms with van der Waals surface area (Å²) in [6, 6.07) is 16.0. The molecule has 0 atom stereocenters. The quantitative estimate of drug-likeness (QED) is 0.396. The van der Waals surface area contributed by atoms with Gasteiger partial charge in [0.2, 0.25) is 0 Å². The zero-order chi connectivity index (χ0) is 23.5. The van der Waals surface area contributed by atoms with Gasteiger partial charge in [-0.15, -0.1) is 0 Å². The molecule has 4 aromatic rings. The van der Waals surface area contributed by atoms with E-state index in [9.17, 15) is 0 Å². The van der Waals surface area contributed by atoms with E-state index in [2.05, 4.69) is 46.3 Å². The molecule has 8 heteroatoms. The van der Waals surface area contributed by atoms with E-state index < -0.39 is 0 Å². The Balaban J connectivity index is 1.63. The monoisotopic (exact) mass is 445 g/mol. The molecule has 0 aliphatic carbocycles. The van der Waals surface area contributed by atoms with Crippen LogP contribution in [0.15, 0.2) is 54.7 Å². The number of hydrogen-bond donors (Lipinski definition) is 2. The number of aromatic nitrogens is 3. The molecule has 0 aliphatic heterocycles. The SMILES string of the molecule is COc1cc(N(C)CCN(C)C)c(N)cc1Nc1cc(-n2nc(C)c3ccccc32)ccn1. The van der Waals surface area contributed by atoms with Crippen molar-refractivity contribution in [1.82, 2.24) is 19.7 Å². The molecule has 0 radical (unpaired) electrons. The maximum atomic E-state index is 6.41. The minimum absolute atomic E-state index is 0.671. The third kappa shape index (κ3) is 4.70. The standard InChI is InChI=1S/C25H31N7O/c1-17-19-8-6-7-9-22(19)32(29-17)18-10-11-27-25(14-18)28-21-15-20(26)23(16-24(21)33-5)31(4)13-12-30(2)3/h6-11,14-16H,12-13,26H2,1-5H3,(H,27,28). The Morgan fingerprint density at radius 1 is 1.06 bits per heavy atom. The summed E-state index contributed by atoms with van der Waals surface area (Å²) in [7, 11) is 7.80. The van der Waals surface area contributed by atoms with Gasteiger partial charge in [0.05, 0.1) is 41.1 Å². The fourth-order valence-corrected chi connectivity index (χ4v) is 3.83. The molecule has 8 nitrogen and oxygen atoms in total. The van der Waals surface area contributed by atoms with Gasteiger partial charge in [-0.25, -0.2) is 9.67 Å². The Hall–Kier alpha value is -3.78. The largest absolute Gasteiger partial charge is 0.494 e. The van der Waals surface area contributed by atoms with E-state index >= 15 is 0 Å². The molecule has 0 aliphatic rings. The van der Waals surface area contributed by atoms with E-state index in [1.807, 2.05) is 55.1 Å². The molecule has 3 N–H and O–H groups in total. The lowest BCUT2D eigenvalue weighted by atomic mass is 10.2. The van der Waals surface area contributed by atoms with Crippen molar-refractivity contribution in [2.24, 2.45) is 0 Å². The van der Waals surface area contributed by atoms with Crippen LogP contribution in [0.5, 0.6) is 5.75 Å². The maximum Gasteiger partial charge on any atom is 0.144 e. The number of nitrogen functional groups attached to an aromatic ring is 1. The maximum absolute atomic E-state index is 6.41. The summed E-state index contributed by atoms with van der Waals surface area (Å²) in [6.07, 6.45) is 1.77. The average Bonchev–Trinajstić information content (AvgIpc) is 3.14. The number of aryl methyl sites for hydroxylation is 1. The van der Waals surface area contributed by atoms with Crippen LogP contribution in [-0.2, 0) is 0 Å². The van der Waals surface area contributed by atoms with Crippen molar-refractivity contribution in [2.45, 2.75) is 6.92 Å². The Kier molecular flexibility index (Phi) is 6.37. The molecule has 33 heavy (non-hydrogen) atoms. The third-order valence-corrected chi connectivity index (χ3v) is 5.67. The first-order valence-corrected chi connectivity index (χ1v) is 10.9. The van der Waals surface area contributed by atoms with Crippen LogP contribution in [0, 0.1) is 6.92 Å². The number of rotatable bonds is 8. The predicted octanol–water partition coefficient (Wildman–Crippen LogP) is 4.06. The van der Waals surface area contributed by atoms with Gasteiger partial charge in [0.25, 0.3) is 0 Å². The van der Waals surface area contributed by atoms with Crippen LogP contribution in [-0.4, -0.2) is 61.0 Å². The summed E-state index contributed by atoms with van der Waals surface area (Å²) in [5.41, 5.74) is 11.7. The summed E-state index contributed by atoms with van der Waals surface area (Å²) in [4.78, 5) is 8.77. The Bertz CT molecular complexity index is 1270. The smallest absolute Gasteiger partial charge is 0.144 e. The summed E-state index contributed by atoms with van der Waals surface area (Å²) in [5, 5.41) is 9.22. The van der Waals surface area contributed by atoms with Crippen molar-refractivity contribution in [1.29, 1.82) is 0 Å². The first kappa shape index (κ1) is 22.4. The van der Waals surface area contributed by atoms with Crippen molar-refractivity contribution >= 4 is 33.8 Å². The second-order valence-corrected chi connectivity index (χ2v) is 8.37. The van der Waals surface area contributed by atoms with Crippen molar-refractivity contribution < 1.29 is 4.74 Å².